The van der Waals surface area contributed by atoms with Gasteiger partial charge in [-0.1, -0.05) is 30.4 Å². The number of anilines is 3. The van der Waals surface area contributed by atoms with E-state index in [-0.39, 0.29) is 17.9 Å². The normalized spacial score (nSPS) is 17.0. The van der Waals surface area contributed by atoms with E-state index in [1.165, 1.54) is 0 Å². The van der Waals surface area contributed by atoms with Crippen LogP contribution in [0.3, 0.4) is 0 Å². The van der Waals surface area contributed by atoms with Crippen molar-refractivity contribution in [2.24, 2.45) is 0 Å². The summed E-state index contributed by atoms with van der Waals surface area (Å²) < 4.78 is 0. The number of nitrogen functional groups attached to an aromatic ring is 2. The largest absolute Gasteiger partial charge is 0.371 e. The van der Waals surface area contributed by atoms with Gasteiger partial charge in [0.1, 0.15) is 6.04 Å². The van der Waals surface area contributed by atoms with Gasteiger partial charge < -0.3 is 16.8 Å². The summed E-state index contributed by atoms with van der Waals surface area (Å²) in [5.74, 6) is 0.781. The molecule has 1 unspecified atom stereocenters. The van der Waals surface area contributed by atoms with Crippen molar-refractivity contribution in [3.8, 4) is 0 Å². The van der Waals surface area contributed by atoms with Crippen LogP contribution in [-0.2, 0) is 0 Å². The van der Waals surface area contributed by atoms with Gasteiger partial charge in [0.25, 0.3) is 0 Å². The van der Waals surface area contributed by atoms with Crippen LogP contribution in [0.4, 0.5) is 17.6 Å². The highest BCUT2D eigenvalue weighted by Gasteiger charge is 2.17. The fourth-order valence-corrected chi connectivity index (χ4v) is 1.91. The van der Waals surface area contributed by atoms with Crippen molar-refractivity contribution < 1.29 is 0 Å². The molecule has 0 spiro atoms. The van der Waals surface area contributed by atoms with Crippen LogP contribution in [0.1, 0.15) is 17.4 Å². The molecule has 0 radical (unpaired) electrons. The number of para-hydroxylation sites is 1. The van der Waals surface area contributed by atoms with Crippen molar-refractivity contribution >= 4 is 23.7 Å². The van der Waals surface area contributed by atoms with E-state index in [0.717, 1.165) is 11.3 Å². The highest BCUT2D eigenvalue weighted by Crippen LogP contribution is 2.28. The molecular weight excluding hydrogens is 228 g/mol. The van der Waals surface area contributed by atoms with Gasteiger partial charge in [-0.3, -0.25) is 0 Å². The molecule has 18 heavy (non-hydrogen) atoms. The van der Waals surface area contributed by atoms with E-state index in [1.807, 2.05) is 36.4 Å². The second kappa shape index (κ2) is 3.99. The second-order valence-electron chi connectivity index (χ2n) is 3.98. The first kappa shape index (κ1) is 10.5. The van der Waals surface area contributed by atoms with Crippen molar-refractivity contribution in [1.82, 2.24) is 15.0 Å². The molecule has 1 aliphatic heterocycles. The lowest BCUT2D eigenvalue weighted by atomic mass is 10.1. The van der Waals surface area contributed by atoms with E-state index in [4.69, 9.17) is 11.5 Å². The summed E-state index contributed by atoms with van der Waals surface area (Å²) in [5, 5.41) is 3.32. The molecule has 1 atom stereocenters. The minimum Gasteiger partial charge on any atom is -0.371 e. The Balaban J connectivity index is 1.97. The fourth-order valence-electron chi connectivity index (χ4n) is 1.91. The second-order valence-corrected chi connectivity index (χ2v) is 3.98. The van der Waals surface area contributed by atoms with E-state index in [9.17, 15) is 0 Å². The van der Waals surface area contributed by atoms with Crippen LogP contribution in [0.2, 0.25) is 0 Å². The molecule has 3 rings (SSSR count). The summed E-state index contributed by atoms with van der Waals surface area (Å²) in [6.45, 7) is 0. The third kappa shape index (κ3) is 1.84. The number of nitrogens with one attached hydrogen (secondary N) is 1. The molecule has 0 bridgehead atoms. The van der Waals surface area contributed by atoms with E-state index in [1.54, 1.807) is 0 Å². The Morgan fingerprint density at radius 3 is 2.50 bits per heavy atom. The van der Waals surface area contributed by atoms with Crippen LogP contribution in [0.5, 0.6) is 0 Å². The Bertz CT molecular complexity index is 601. The van der Waals surface area contributed by atoms with Crippen LogP contribution < -0.4 is 16.8 Å². The number of nitrogens with two attached hydrogens (primary N) is 2. The minimum absolute atomic E-state index is 0.131. The molecule has 1 aromatic heterocycles. The molecule has 6 heteroatoms. The Morgan fingerprint density at radius 2 is 1.72 bits per heavy atom. The summed E-state index contributed by atoms with van der Waals surface area (Å²) in [7, 11) is 0. The summed E-state index contributed by atoms with van der Waals surface area (Å²) >= 11 is 0. The summed E-state index contributed by atoms with van der Waals surface area (Å²) in [6.07, 6.45) is 3.99. The maximum atomic E-state index is 5.57. The molecule has 2 aromatic rings. The van der Waals surface area contributed by atoms with Gasteiger partial charge >= 0.3 is 0 Å². The third-order valence-electron chi connectivity index (χ3n) is 2.71. The van der Waals surface area contributed by atoms with E-state index < -0.39 is 0 Å². The Kier molecular flexibility index (Phi) is 2.33. The Labute approximate surface area is 104 Å². The number of aromatic nitrogens is 3. The van der Waals surface area contributed by atoms with Crippen LogP contribution in [0.25, 0.3) is 6.08 Å². The monoisotopic (exact) mass is 240 g/mol. The van der Waals surface area contributed by atoms with Crippen LogP contribution in [0.15, 0.2) is 30.3 Å². The van der Waals surface area contributed by atoms with Crippen LogP contribution in [-0.4, -0.2) is 15.0 Å². The van der Waals surface area contributed by atoms with E-state index in [0.29, 0.717) is 5.82 Å². The van der Waals surface area contributed by atoms with Crippen molar-refractivity contribution in [1.29, 1.82) is 0 Å². The molecule has 0 saturated carbocycles. The highest BCUT2D eigenvalue weighted by atomic mass is 15.2. The molecular formula is C12H12N6. The van der Waals surface area contributed by atoms with Gasteiger partial charge in [0, 0.05) is 5.69 Å². The lowest BCUT2D eigenvalue weighted by Crippen LogP contribution is -2.17. The Morgan fingerprint density at radius 1 is 1.00 bits per heavy atom. The van der Waals surface area contributed by atoms with Gasteiger partial charge in [0.15, 0.2) is 5.82 Å². The maximum Gasteiger partial charge on any atom is 0.225 e. The molecule has 0 aliphatic carbocycles. The SMILES string of the molecule is Nc1nc(N)nc(C2C=Cc3ccccc3N2)n1. The quantitative estimate of drug-likeness (QED) is 0.692. The van der Waals surface area contributed by atoms with Gasteiger partial charge in [-0.05, 0) is 11.6 Å². The molecule has 5 N–H and O–H groups in total. The predicted molar refractivity (Wildman–Crippen MR) is 70.5 cm³/mol. The fraction of sp³-hybridized carbons (Fsp3) is 0.0833. The van der Waals surface area contributed by atoms with Gasteiger partial charge in [-0.15, -0.1) is 0 Å². The smallest absolute Gasteiger partial charge is 0.225 e. The Hall–Kier alpha value is -2.63. The molecule has 0 saturated heterocycles. The molecule has 0 amide bonds. The number of nitrogens with zero attached hydrogens (tertiary/aromatic N) is 3. The van der Waals surface area contributed by atoms with E-state index in [2.05, 4.69) is 20.3 Å². The molecule has 1 aliphatic rings. The van der Waals surface area contributed by atoms with Crippen LogP contribution >= 0.6 is 0 Å². The molecule has 2 heterocycles. The predicted octanol–water partition coefficient (Wildman–Crippen LogP) is 1.22. The molecule has 90 valence electrons. The minimum atomic E-state index is -0.146. The lowest BCUT2D eigenvalue weighted by molar-refractivity contribution is 0.842. The summed E-state index contributed by atoms with van der Waals surface area (Å²) in [6, 6.07) is 7.85. The topological polar surface area (TPSA) is 103 Å². The van der Waals surface area contributed by atoms with Crippen molar-refractivity contribution in [3.05, 3.63) is 41.7 Å². The average Bonchev–Trinajstić information content (AvgIpc) is 2.37. The zero-order valence-corrected chi connectivity index (χ0v) is 9.54. The molecule has 1 aromatic carbocycles. The number of rotatable bonds is 1. The van der Waals surface area contributed by atoms with Gasteiger partial charge in [-0.25, -0.2) is 0 Å². The van der Waals surface area contributed by atoms with Crippen molar-refractivity contribution in [2.45, 2.75) is 6.04 Å². The average molecular weight is 240 g/mol. The number of fused-ring (bicyclic) bond motifs is 1. The van der Waals surface area contributed by atoms with Gasteiger partial charge in [0.05, 0.1) is 0 Å². The first-order valence-corrected chi connectivity index (χ1v) is 5.53. The first-order valence-electron chi connectivity index (χ1n) is 5.53. The van der Waals surface area contributed by atoms with Crippen molar-refractivity contribution in [3.63, 3.8) is 0 Å². The number of hydrogen-bond donors (Lipinski definition) is 3. The number of benzene rings is 1. The lowest BCUT2D eigenvalue weighted by Gasteiger charge is -2.21. The summed E-state index contributed by atoms with van der Waals surface area (Å²) in [5.41, 5.74) is 13.3. The zero-order chi connectivity index (χ0) is 12.5. The van der Waals surface area contributed by atoms with Crippen LogP contribution in [0, 0.1) is 0 Å². The molecule has 0 fully saturated rings. The van der Waals surface area contributed by atoms with Crippen molar-refractivity contribution in [2.75, 3.05) is 16.8 Å². The standard InChI is InChI=1S/C12H12N6/c13-11-16-10(17-12(14)18-11)9-6-5-7-3-1-2-4-8(7)15-9/h1-6,9,15H,(H4,13,14,16,17,18). The molecule has 6 nitrogen and oxygen atoms in total. The third-order valence-corrected chi connectivity index (χ3v) is 2.71. The van der Waals surface area contributed by atoms with Gasteiger partial charge in [0.2, 0.25) is 11.9 Å². The zero-order valence-electron chi connectivity index (χ0n) is 9.54. The first-order chi connectivity index (χ1) is 8.72. The number of hydrogen-bond acceptors (Lipinski definition) is 6. The van der Waals surface area contributed by atoms with E-state index >= 15 is 0 Å². The highest BCUT2D eigenvalue weighted by molar-refractivity contribution is 5.71. The maximum absolute atomic E-state index is 5.57. The van der Waals surface area contributed by atoms with Gasteiger partial charge in [-0.2, -0.15) is 15.0 Å². The summed E-state index contributed by atoms with van der Waals surface area (Å²) in [4.78, 5) is 11.9.